The van der Waals surface area contributed by atoms with Crippen LogP contribution in [0.5, 0.6) is 0 Å². The Balaban J connectivity index is 0.911. The van der Waals surface area contributed by atoms with E-state index in [1.807, 2.05) is 0 Å². The minimum absolute atomic E-state index is 0.208. The smallest absolute Gasteiger partial charge is 0.150 e. The molecule has 1 aromatic carbocycles. The Morgan fingerprint density at radius 2 is 1.67 bits per heavy atom. The van der Waals surface area contributed by atoms with Crippen molar-refractivity contribution in [1.82, 2.24) is 14.2 Å². The van der Waals surface area contributed by atoms with Crippen molar-refractivity contribution in [2.24, 2.45) is 35.5 Å². The van der Waals surface area contributed by atoms with Crippen molar-refractivity contribution in [2.75, 3.05) is 44.2 Å². The van der Waals surface area contributed by atoms with Crippen LogP contribution in [0.1, 0.15) is 44.9 Å². The number of fused-ring (bicyclic) bond motifs is 8. The molecule has 1 N–H and O–H groups in total. The minimum Gasteiger partial charge on any atom is -0.378 e. The molecule has 3 saturated heterocycles. The summed E-state index contributed by atoms with van der Waals surface area (Å²) in [6.45, 7) is 6.65. The summed E-state index contributed by atoms with van der Waals surface area (Å²) in [6, 6.07) is 8.64. The summed E-state index contributed by atoms with van der Waals surface area (Å²) in [5.74, 6) is 5.31. The molecule has 0 radical (unpaired) electrons. The number of nitrogens with zero attached hydrogens (tertiary/aromatic N) is 4. The van der Waals surface area contributed by atoms with E-state index in [0.29, 0.717) is 23.9 Å². The highest BCUT2D eigenvalue weighted by Crippen LogP contribution is 2.62. The maximum absolute atomic E-state index is 11.5. The zero-order chi connectivity index (χ0) is 23.8. The molecule has 2 aromatic rings. The fourth-order valence-corrected chi connectivity index (χ4v) is 9.96. The number of aromatic nitrogens is 1. The van der Waals surface area contributed by atoms with Crippen molar-refractivity contribution >= 4 is 27.4 Å². The van der Waals surface area contributed by atoms with Gasteiger partial charge in [0.1, 0.15) is 24.4 Å². The maximum Gasteiger partial charge on any atom is 0.150 e. The molecule has 3 aliphatic carbocycles. The van der Waals surface area contributed by atoms with Crippen LogP contribution in [0.2, 0.25) is 0 Å². The van der Waals surface area contributed by atoms with E-state index in [2.05, 4.69) is 39.0 Å². The van der Waals surface area contributed by atoms with Crippen molar-refractivity contribution in [1.29, 1.82) is 0 Å². The van der Waals surface area contributed by atoms with Gasteiger partial charge in [-0.15, -0.1) is 0 Å². The van der Waals surface area contributed by atoms with Crippen LogP contribution < -0.4 is 4.90 Å². The van der Waals surface area contributed by atoms with E-state index in [1.165, 1.54) is 67.4 Å². The monoisotopic (exact) mass is 508 g/mol. The number of piperazine rings is 1. The van der Waals surface area contributed by atoms with E-state index in [-0.39, 0.29) is 12.5 Å². The first-order valence-corrected chi connectivity index (χ1v) is 15.4. The molecule has 6 nitrogen and oxygen atoms in total. The van der Waals surface area contributed by atoms with Gasteiger partial charge in [-0.3, -0.25) is 4.90 Å². The average Bonchev–Trinajstić information content (AvgIpc) is 3.24. The van der Waals surface area contributed by atoms with Crippen molar-refractivity contribution < 1.29 is 9.84 Å². The van der Waals surface area contributed by atoms with Crippen LogP contribution in [0.4, 0.5) is 5.82 Å². The lowest BCUT2D eigenvalue weighted by Gasteiger charge is -2.45. The van der Waals surface area contributed by atoms with Gasteiger partial charge in [-0.1, -0.05) is 25.0 Å². The molecular weight excluding hydrogens is 468 g/mol. The standard InChI is InChI=1S/C29H40N4O2S/c34-28-25-19-10-9-18(15-19)24(25)26-29(35-26)33(28)17-21-6-2-1-5-20(21)16-31-11-13-32(14-12-31)27-22-7-3-4-8-23(22)36-30-27/h3-4,7-8,18-21,24-26,28-29,34H,1-2,5-6,9-17H2. The number of ether oxygens (including phenoxy) is 1. The van der Waals surface area contributed by atoms with E-state index in [9.17, 15) is 5.11 Å². The zero-order valence-electron chi connectivity index (χ0n) is 21.3. The molecule has 6 aliphatic rings. The average molecular weight is 509 g/mol. The number of aliphatic hydroxyl groups excluding tert-OH is 1. The van der Waals surface area contributed by atoms with E-state index in [1.54, 1.807) is 11.5 Å². The van der Waals surface area contributed by atoms with Gasteiger partial charge in [-0.05, 0) is 85.4 Å². The summed E-state index contributed by atoms with van der Waals surface area (Å²) in [5.41, 5.74) is 0. The van der Waals surface area contributed by atoms with Crippen LogP contribution in [0.25, 0.3) is 10.1 Å². The van der Waals surface area contributed by atoms with E-state index in [0.717, 1.165) is 50.5 Å². The molecule has 3 saturated carbocycles. The summed E-state index contributed by atoms with van der Waals surface area (Å²) >= 11 is 1.63. The Hall–Kier alpha value is -1.25. The molecule has 7 heteroatoms. The largest absolute Gasteiger partial charge is 0.378 e. The van der Waals surface area contributed by atoms with Crippen LogP contribution in [0, 0.1) is 35.5 Å². The second-order valence-electron chi connectivity index (χ2n) is 12.7. The van der Waals surface area contributed by atoms with Crippen molar-refractivity contribution in [3.05, 3.63) is 24.3 Å². The summed E-state index contributed by atoms with van der Waals surface area (Å²) < 4.78 is 12.4. The van der Waals surface area contributed by atoms with Crippen molar-refractivity contribution in [2.45, 2.75) is 63.5 Å². The predicted molar refractivity (Wildman–Crippen MR) is 143 cm³/mol. The van der Waals surface area contributed by atoms with Gasteiger partial charge in [0.25, 0.3) is 0 Å². The number of anilines is 1. The van der Waals surface area contributed by atoms with Gasteiger partial charge in [0.2, 0.25) is 0 Å². The van der Waals surface area contributed by atoms with Crippen LogP contribution >= 0.6 is 11.5 Å². The summed E-state index contributed by atoms with van der Waals surface area (Å²) in [7, 11) is 0. The lowest BCUT2D eigenvalue weighted by atomic mass is 9.73. The van der Waals surface area contributed by atoms with Crippen molar-refractivity contribution in [3.8, 4) is 0 Å². The highest BCUT2D eigenvalue weighted by atomic mass is 32.1. The van der Waals surface area contributed by atoms with Gasteiger partial charge < -0.3 is 14.7 Å². The molecule has 9 atom stereocenters. The number of epoxide rings is 1. The fraction of sp³-hybridized carbons (Fsp3) is 0.759. The Morgan fingerprint density at radius 3 is 2.50 bits per heavy atom. The third kappa shape index (κ3) is 3.68. The number of aliphatic hydroxyl groups is 1. The fourth-order valence-electron chi connectivity index (χ4n) is 9.17. The van der Waals surface area contributed by atoms with Crippen LogP contribution in [0.3, 0.4) is 0 Å². The molecule has 1 aromatic heterocycles. The van der Waals surface area contributed by atoms with Gasteiger partial charge in [-0.2, -0.15) is 4.37 Å². The topological polar surface area (TPSA) is 55.4 Å². The Bertz CT molecular complexity index is 1100. The normalized spacial score (nSPS) is 42.6. The van der Waals surface area contributed by atoms with Crippen LogP contribution in [-0.2, 0) is 4.74 Å². The first-order valence-electron chi connectivity index (χ1n) is 14.7. The number of piperidine rings is 1. The molecule has 6 fully saturated rings. The summed E-state index contributed by atoms with van der Waals surface area (Å²) in [4.78, 5) is 7.62. The lowest BCUT2D eigenvalue weighted by Crippen LogP contribution is -2.55. The highest BCUT2D eigenvalue weighted by molar-refractivity contribution is 7.13. The van der Waals surface area contributed by atoms with E-state index >= 15 is 0 Å². The minimum atomic E-state index is -0.270. The number of likely N-dealkylation sites (tertiary alicyclic amines) is 1. The number of hydrogen-bond donors (Lipinski definition) is 1. The van der Waals surface area contributed by atoms with Gasteiger partial charge in [-0.25, -0.2) is 4.90 Å². The molecule has 0 spiro atoms. The van der Waals surface area contributed by atoms with Crippen LogP contribution in [0.15, 0.2) is 24.3 Å². The Labute approximate surface area is 218 Å². The number of hydrogen-bond acceptors (Lipinski definition) is 7. The number of benzene rings is 1. The molecule has 2 bridgehead atoms. The molecule has 4 heterocycles. The van der Waals surface area contributed by atoms with Gasteiger partial charge in [0.05, 0.1) is 4.70 Å². The van der Waals surface area contributed by atoms with Gasteiger partial charge in [0.15, 0.2) is 0 Å². The second kappa shape index (κ2) is 8.91. The molecule has 0 amide bonds. The molecule has 3 aliphatic heterocycles. The van der Waals surface area contributed by atoms with E-state index in [4.69, 9.17) is 9.11 Å². The SMILES string of the molecule is OC1C2C3CCC(C3)C2C2OC2N1CC1CCCCC1CN1CCN(c2nsc3ccccc23)CC1. The molecule has 36 heavy (non-hydrogen) atoms. The highest BCUT2D eigenvalue weighted by Gasteiger charge is 2.66. The molecular formula is C29H40N4O2S. The van der Waals surface area contributed by atoms with E-state index < -0.39 is 0 Å². The summed E-state index contributed by atoms with van der Waals surface area (Å²) in [5, 5.41) is 12.8. The van der Waals surface area contributed by atoms with Crippen molar-refractivity contribution in [3.63, 3.8) is 0 Å². The molecule has 194 valence electrons. The van der Waals surface area contributed by atoms with Gasteiger partial charge in [0, 0.05) is 50.6 Å². The van der Waals surface area contributed by atoms with Gasteiger partial charge >= 0.3 is 0 Å². The molecule has 8 rings (SSSR count). The first-order chi connectivity index (χ1) is 17.7. The van der Waals surface area contributed by atoms with Crippen LogP contribution in [-0.4, -0.2) is 77.1 Å². The maximum atomic E-state index is 11.5. The summed E-state index contributed by atoms with van der Waals surface area (Å²) in [6.07, 6.45) is 9.80. The zero-order valence-corrected chi connectivity index (χ0v) is 22.1. The Kier molecular flexibility index (Phi) is 5.62. The predicted octanol–water partition coefficient (Wildman–Crippen LogP) is 4.25. The molecule has 9 unspecified atom stereocenters. The first kappa shape index (κ1) is 22.7. The Morgan fingerprint density at radius 1 is 0.917 bits per heavy atom. The quantitative estimate of drug-likeness (QED) is 0.610. The third-order valence-corrected chi connectivity index (χ3v) is 11.8. The second-order valence-corrected chi connectivity index (χ2v) is 13.5. The number of rotatable bonds is 5. The lowest BCUT2D eigenvalue weighted by molar-refractivity contribution is -0.114. The third-order valence-electron chi connectivity index (χ3n) is 11.0.